The lowest BCUT2D eigenvalue weighted by atomic mass is 9.75. The first-order valence-electron chi connectivity index (χ1n) is 8.14. The molecule has 2 nitrogen and oxygen atoms in total. The topological polar surface area (TPSA) is 15.3 Å². The second-order valence-corrected chi connectivity index (χ2v) is 7.00. The monoisotopic (exact) mass is 272 g/mol. The van der Waals surface area contributed by atoms with Crippen molar-refractivity contribution in [2.75, 3.05) is 13.6 Å². The standard InChI is InChI=1S/C18H28N2/c1-13-5-4-6-15(9-13)16-11-18(12-16)19-17-7-8-20(3)14(2)10-17/h4-6,9,14,16-19H,7-8,10-12H2,1-3H3. The molecule has 2 fully saturated rings. The van der Waals surface area contributed by atoms with Gasteiger partial charge in [-0.1, -0.05) is 29.8 Å². The van der Waals surface area contributed by atoms with Gasteiger partial charge in [0.05, 0.1) is 0 Å². The second-order valence-electron chi connectivity index (χ2n) is 7.00. The van der Waals surface area contributed by atoms with Crippen molar-refractivity contribution in [1.29, 1.82) is 0 Å². The van der Waals surface area contributed by atoms with E-state index in [4.69, 9.17) is 0 Å². The number of likely N-dealkylation sites (tertiary alicyclic amines) is 1. The molecule has 1 aromatic carbocycles. The molecule has 2 atom stereocenters. The first kappa shape index (κ1) is 14.1. The van der Waals surface area contributed by atoms with E-state index < -0.39 is 0 Å². The molecule has 1 heterocycles. The minimum absolute atomic E-state index is 0.730. The summed E-state index contributed by atoms with van der Waals surface area (Å²) in [4.78, 5) is 2.48. The summed E-state index contributed by atoms with van der Waals surface area (Å²) in [5, 5.41) is 3.89. The molecule has 110 valence electrons. The molecular weight excluding hydrogens is 244 g/mol. The Labute approximate surface area is 123 Å². The van der Waals surface area contributed by atoms with Gasteiger partial charge in [0.2, 0.25) is 0 Å². The zero-order valence-electron chi connectivity index (χ0n) is 13.1. The number of nitrogens with zero attached hydrogens (tertiary/aromatic N) is 1. The van der Waals surface area contributed by atoms with Gasteiger partial charge in [-0.15, -0.1) is 0 Å². The third-order valence-electron chi connectivity index (χ3n) is 5.33. The molecule has 2 unspecified atom stereocenters. The van der Waals surface area contributed by atoms with E-state index in [2.05, 4.69) is 55.4 Å². The fourth-order valence-electron chi connectivity index (χ4n) is 3.72. The van der Waals surface area contributed by atoms with Crippen LogP contribution in [-0.2, 0) is 0 Å². The summed E-state index contributed by atoms with van der Waals surface area (Å²) in [5.74, 6) is 0.788. The van der Waals surface area contributed by atoms with Gasteiger partial charge in [-0.25, -0.2) is 0 Å². The first-order chi connectivity index (χ1) is 9.61. The van der Waals surface area contributed by atoms with Crippen molar-refractivity contribution < 1.29 is 0 Å². The molecule has 0 radical (unpaired) electrons. The van der Waals surface area contributed by atoms with Crippen molar-refractivity contribution in [2.45, 2.75) is 63.6 Å². The average molecular weight is 272 g/mol. The minimum atomic E-state index is 0.730. The lowest BCUT2D eigenvalue weighted by Crippen LogP contribution is -2.51. The Balaban J connectivity index is 1.47. The Hall–Kier alpha value is -0.860. The van der Waals surface area contributed by atoms with Gasteiger partial charge >= 0.3 is 0 Å². The van der Waals surface area contributed by atoms with Gasteiger partial charge in [0, 0.05) is 18.1 Å². The van der Waals surface area contributed by atoms with Crippen LogP contribution >= 0.6 is 0 Å². The van der Waals surface area contributed by atoms with E-state index in [1.807, 2.05) is 0 Å². The third kappa shape index (κ3) is 3.07. The average Bonchev–Trinajstić information content (AvgIpc) is 2.37. The van der Waals surface area contributed by atoms with Gasteiger partial charge in [0.1, 0.15) is 0 Å². The van der Waals surface area contributed by atoms with Gasteiger partial charge in [0.15, 0.2) is 0 Å². The maximum atomic E-state index is 3.89. The van der Waals surface area contributed by atoms with E-state index in [1.165, 1.54) is 37.8 Å². The molecule has 0 spiro atoms. The van der Waals surface area contributed by atoms with Crippen molar-refractivity contribution in [3.05, 3.63) is 35.4 Å². The first-order valence-corrected chi connectivity index (χ1v) is 8.14. The smallest absolute Gasteiger partial charge is 0.00966 e. The van der Waals surface area contributed by atoms with Crippen molar-refractivity contribution in [3.8, 4) is 0 Å². The number of rotatable bonds is 3. The van der Waals surface area contributed by atoms with Crippen LogP contribution in [0.5, 0.6) is 0 Å². The van der Waals surface area contributed by atoms with E-state index in [0.717, 1.165) is 24.0 Å². The van der Waals surface area contributed by atoms with Gasteiger partial charge in [-0.3, -0.25) is 0 Å². The highest BCUT2D eigenvalue weighted by molar-refractivity contribution is 5.27. The van der Waals surface area contributed by atoms with Crippen LogP contribution in [0.4, 0.5) is 0 Å². The maximum Gasteiger partial charge on any atom is 0.00966 e. The molecule has 2 heteroatoms. The molecule has 1 N–H and O–H groups in total. The Morgan fingerprint density at radius 3 is 2.65 bits per heavy atom. The Morgan fingerprint density at radius 1 is 1.15 bits per heavy atom. The quantitative estimate of drug-likeness (QED) is 0.908. The zero-order chi connectivity index (χ0) is 14.1. The van der Waals surface area contributed by atoms with Crippen LogP contribution in [0.15, 0.2) is 24.3 Å². The molecule has 0 aromatic heterocycles. The molecule has 1 aliphatic heterocycles. The largest absolute Gasteiger partial charge is 0.311 e. The molecule has 1 saturated carbocycles. The highest BCUT2D eigenvalue weighted by Crippen LogP contribution is 2.37. The Morgan fingerprint density at radius 2 is 1.95 bits per heavy atom. The number of hydrogen-bond acceptors (Lipinski definition) is 2. The number of benzene rings is 1. The molecule has 0 bridgehead atoms. The number of piperidine rings is 1. The van der Waals surface area contributed by atoms with Crippen LogP contribution in [-0.4, -0.2) is 36.6 Å². The fourth-order valence-corrected chi connectivity index (χ4v) is 3.72. The number of aryl methyl sites for hydroxylation is 1. The summed E-state index contributed by atoms with van der Waals surface area (Å²) < 4.78 is 0. The van der Waals surface area contributed by atoms with Crippen LogP contribution in [0.2, 0.25) is 0 Å². The second kappa shape index (κ2) is 5.87. The van der Waals surface area contributed by atoms with Gasteiger partial charge in [-0.2, -0.15) is 0 Å². The number of nitrogens with one attached hydrogen (secondary N) is 1. The molecule has 1 aromatic rings. The molecule has 2 aliphatic rings. The van der Waals surface area contributed by atoms with Crippen LogP contribution in [0, 0.1) is 6.92 Å². The summed E-state index contributed by atoms with van der Waals surface area (Å²) in [6.07, 6.45) is 5.27. The predicted molar refractivity (Wildman–Crippen MR) is 85.2 cm³/mol. The van der Waals surface area contributed by atoms with E-state index in [0.29, 0.717) is 0 Å². The Bertz CT molecular complexity index is 450. The van der Waals surface area contributed by atoms with Crippen LogP contribution in [0.25, 0.3) is 0 Å². The summed E-state index contributed by atoms with van der Waals surface area (Å²) in [7, 11) is 2.25. The van der Waals surface area contributed by atoms with Crippen molar-refractivity contribution in [1.82, 2.24) is 10.2 Å². The predicted octanol–water partition coefficient (Wildman–Crippen LogP) is 3.31. The van der Waals surface area contributed by atoms with E-state index in [9.17, 15) is 0 Å². The number of hydrogen-bond donors (Lipinski definition) is 1. The third-order valence-corrected chi connectivity index (χ3v) is 5.33. The lowest BCUT2D eigenvalue weighted by Gasteiger charge is -2.42. The summed E-state index contributed by atoms with van der Waals surface area (Å²) in [6, 6.07) is 11.3. The fraction of sp³-hybridized carbons (Fsp3) is 0.667. The highest BCUT2D eigenvalue weighted by atomic mass is 15.1. The molecule has 1 aliphatic carbocycles. The normalized spacial score (nSPS) is 34.8. The van der Waals surface area contributed by atoms with Crippen molar-refractivity contribution in [2.24, 2.45) is 0 Å². The summed E-state index contributed by atoms with van der Waals surface area (Å²) in [6.45, 7) is 5.79. The molecule has 20 heavy (non-hydrogen) atoms. The van der Waals surface area contributed by atoms with E-state index in [-0.39, 0.29) is 0 Å². The molecular formula is C18H28N2. The van der Waals surface area contributed by atoms with Crippen LogP contribution in [0.3, 0.4) is 0 Å². The van der Waals surface area contributed by atoms with Crippen molar-refractivity contribution >= 4 is 0 Å². The van der Waals surface area contributed by atoms with Gasteiger partial charge in [-0.05, 0) is 64.6 Å². The molecule has 1 saturated heterocycles. The van der Waals surface area contributed by atoms with Gasteiger partial charge in [0.25, 0.3) is 0 Å². The summed E-state index contributed by atoms with van der Waals surface area (Å²) >= 11 is 0. The lowest BCUT2D eigenvalue weighted by molar-refractivity contribution is 0.147. The SMILES string of the molecule is Cc1cccc(C2CC(NC3CCN(C)C(C)C3)C2)c1. The highest BCUT2D eigenvalue weighted by Gasteiger charge is 2.33. The summed E-state index contributed by atoms with van der Waals surface area (Å²) in [5.41, 5.74) is 2.93. The van der Waals surface area contributed by atoms with Crippen LogP contribution in [0.1, 0.15) is 49.7 Å². The molecule has 3 rings (SSSR count). The minimum Gasteiger partial charge on any atom is -0.311 e. The van der Waals surface area contributed by atoms with E-state index in [1.54, 1.807) is 5.56 Å². The van der Waals surface area contributed by atoms with Gasteiger partial charge < -0.3 is 10.2 Å². The maximum absolute atomic E-state index is 3.89. The zero-order valence-corrected chi connectivity index (χ0v) is 13.1. The van der Waals surface area contributed by atoms with Crippen molar-refractivity contribution in [3.63, 3.8) is 0 Å². The Kier molecular flexibility index (Phi) is 4.13. The molecule has 0 amide bonds. The van der Waals surface area contributed by atoms with E-state index >= 15 is 0 Å². The van der Waals surface area contributed by atoms with Crippen LogP contribution < -0.4 is 5.32 Å².